The lowest BCUT2D eigenvalue weighted by Crippen LogP contribution is -2.61. The first-order chi connectivity index (χ1) is 19.0. The molecule has 1 aliphatic heterocycles. The first-order valence-electron chi connectivity index (χ1n) is 13.3. The summed E-state index contributed by atoms with van der Waals surface area (Å²) in [6.45, 7) is 7.49. The number of piperidine rings is 1. The first-order valence-corrected chi connectivity index (χ1v) is 13.3. The van der Waals surface area contributed by atoms with Crippen molar-refractivity contribution < 1.29 is 32.2 Å². The highest BCUT2D eigenvalue weighted by atomic mass is 19.4. The lowest BCUT2D eigenvalue weighted by molar-refractivity contribution is -0.157. The van der Waals surface area contributed by atoms with Crippen LogP contribution in [0.4, 0.5) is 13.2 Å². The lowest BCUT2D eigenvalue weighted by Gasteiger charge is -2.55. The van der Waals surface area contributed by atoms with E-state index in [0.29, 0.717) is 19.4 Å². The SMILES string of the molecule is C=CCN1CCC2(c3cccc(OC)c3)CC(NC(=O)C=Cc3cccc(C(F)(F)F)c3)CC(OC(C)=O)C2C1. The van der Waals surface area contributed by atoms with Crippen LogP contribution in [-0.4, -0.2) is 55.7 Å². The molecule has 6 nitrogen and oxygen atoms in total. The number of rotatable bonds is 8. The summed E-state index contributed by atoms with van der Waals surface area (Å²) in [5.74, 6) is -0.113. The molecule has 9 heteroatoms. The Kier molecular flexibility index (Phi) is 9.03. The third-order valence-electron chi connectivity index (χ3n) is 7.95. The molecule has 4 rings (SSSR count). The number of carbonyl (C=O) groups excluding carboxylic acids is 2. The molecule has 2 aromatic rings. The molecule has 214 valence electrons. The molecular formula is C31H35F3N2O4. The van der Waals surface area contributed by atoms with Crippen LogP contribution in [0.25, 0.3) is 6.08 Å². The summed E-state index contributed by atoms with van der Waals surface area (Å²) in [5, 5.41) is 3.03. The van der Waals surface area contributed by atoms with Crippen molar-refractivity contribution in [1.29, 1.82) is 0 Å². The maximum Gasteiger partial charge on any atom is 0.416 e. The van der Waals surface area contributed by atoms with Gasteiger partial charge in [0.05, 0.1) is 12.7 Å². The Bertz CT molecular complexity index is 1260. The summed E-state index contributed by atoms with van der Waals surface area (Å²) < 4.78 is 50.6. The van der Waals surface area contributed by atoms with E-state index in [0.717, 1.165) is 43.0 Å². The fraction of sp³-hybridized carbons (Fsp3) is 0.419. The average Bonchev–Trinajstić information content (AvgIpc) is 2.92. The predicted octanol–water partition coefficient (Wildman–Crippen LogP) is 5.38. The van der Waals surface area contributed by atoms with Crippen LogP contribution in [-0.2, 0) is 25.9 Å². The van der Waals surface area contributed by atoms with Crippen LogP contribution in [0.2, 0.25) is 0 Å². The van der Waals surface area contributed by atoms with Gasteiger partial charge in [-0.15, -0.1) is 6.58 Å². The summed E-state index contributed by atoms with van der Waals surface area (Å²) in [7, 11) is 1.61. The van der Waals surface area contributed by atoms with E-state index in [2.05, 4.69) is 22.9 Å². The minimum atomic E-state index is -4.47. The monoisotopic (exact) mass is 556 g/mol. The van der Waals surface area contributed by atoms with Gasteiger partial charge in [-0.25, -0.2) is 0 Å². The van der Waals surface area contributed by atoms with Crippen LogP contribution < -0.4 is 10.1 Å². The molecule has 0 spiro atoms. The number of methoxy groups -OCH3 is 1. The van der Waals surface area contributed by atoms with Crippen LogP contribution in [0.1, 0.15) is 42.9 Å². The highest BCUT2D eigenvalue weighted by Gasteiger charge is 2.53. The number of hydrogen-bond donors (Lipinski definition) is 1. The summed E-state index contributed by atoms with van der Waals surface area (Å²) in [6.07, 6.45) is 1.40. The van der Waals surface area contributed by atoms with E-state index in [1.165, 1.54) is 31.2 Å². The maximum absolute atomic E-state index is 13.1. The van der Waals surface area contributed by atoms with Crippen molar-refractivity contribution in [3.63, 3.8) is 0 Å². The van der Waals surface area contributed by atoms with Gasteiger partial charge >= 0.3 is 12.1 Å². The second kappa shape index (κ2) is 12.3. The van der Waals surface area contributed by atoms with Gasteiger partial charge in [-0.3, -0.25) is 14.5 Å². The largest absolute Gasteiger partial charge is 0.497 e. The number of carbonyl (C=O) groups is 2. The number of halogens is 3. The van der Waals surface area contributed by atoms with E-state index in [9.17, 15) is 22.8 Å². The third-order valence-corrected chi connectivity index (χ3v) is 7.95. The fourth-order valence-electron chi connectivity index (χ4n) is 6.23. The Hall–Kier alpha value is -3.59. The topological polar surface area (TPSA) is 67.9 Å². The average molecular weight is 557 g/mol. The summed E-state index contributed by atoms with van der Waals surface area (Å²) in [5.41, 5.74) is 0.160. The van der Waals surface area contributed by atoms with Crippen molar-refractivity contribution in [3.8, 4) is 5.75 Å². The zero-order valence-corrected chi connectivity index (χ0v) is 22.7. The summed E-state index contributed by atoms with van der Waals surface area (Å²) >= 11 is 0. The molecular weight excluding hydrogens is 521 g/mol. The molecule has 0 bridgehead atoms. The van der Waals surface area contributed by atoms with E-state index in [1.807, 2.05) is 24.3 Å². The Morgan fingerprint density at radius 2 is 1.98 bits per heavy atom. The van der Waals surface area contributed by atoms with Crippen molar-refractivity contribution >= 4 is 18.0 Å². The van der Waals surface area contributed by atoms with Gasteiger partial charge in [0.1, 0.15) is 11.9 Å². The molecule has 2 aromatic carbocycles. The standard InChI is InChI=1S/C31H35F3N2O4/c1-4-14-36-15-13-30(23-8-6-10-26(17-23)39-3)19-25(18-28(27(30)20-36)40-21(2)37)35-29(38)12-11-22-7-5-9-24(16-22)31(32,33)34/h4-12,16-17,25,27-28H,1,13-15,18-20H2,2-3H3,(H,35,38). The molecule has 1 amide bonds. The van der Waals surface area contributed by atoms with Crippen LogP contribution in [0, 0.1) is 5.92 Å². The van der Waals surface area contributed by atoms with Gasteiger partial charge in [-0.05, 0) is 60.9 Å². The van der Waals surface area contributed by atoms with Crippen molar-refractivity contribution in [1.82, 2.24) is 10.2 Å². The molecule has 1 saturated carbocycles. The quantitative estimate of drug-likeness (QED) is 0.269. The molecule has 2 aliphatic rings. The van der Waals surface area contributed by atoms with Gasteiger partial charge in [0.2, 0.25) is 5.91 Å². The molecule has 4 atom stereocenters. The Balaban J connectivity index is 1.62. The van der Waals surface area contributed by atoms with Crippen molar-refractivity contribution in [3.05, 3.63) is 84.0 Å². The van der Waals surface area contributed by atoms with Gasteiger partial charge in [0.15, 0.2) is 0 Å². The molecule has 0 radical (unpaired) electrons. The predicted molar refractivity (Wildman–Crippen MR) is 147 cm³/mol. The van der Waals surface area contributed by atoms with E-state index in [-0.39, 0.29) is 23.5 Å². The third kappa shape index (κ3) is 6.75. The molecule has 1 aliphatic carbocycles. The van der Waals surface area contributed by atoms with Crippen molar-refractivity contribution in [2.75, 3.05) is 26.7 Å². The van der Waals surface area contributed by atoms with Crippen molar-refractivity contribution in [2.24, 2.45) is 5.92 Å². The number of hydrogen-bond acceptors (Lipinski definition) is 5. The van der Waals surface area contributed by atoms with Gasteiger partial charge in [-0.2, -0.15) is 13.2 Å². The number of alkyl halides is 3. The second-order valence-electron chi connectivity index (χ2n) is 10.5. The number of nitrogens with zero attached hydrogens (tertiary/aromatic N) is 1. The molecule has 40 heavy (non-hydrogen) atoms. The molecule has 4 unspecified atom stereocenters. The van der Waals surface area contributed by atoms with Crippen LogP contribution >= 0.6 is 0 Å². The molecule has 1 saturated heterocycles. The number of nitrogens with one attached hydrogen (secondary N) is 1. The number of amides is 1. The molecule has 2 fully saturated rings. The van der Waals surface area contributed by atoms with Crippen LogP contribution in [0.5, 0.6) is 5.75 Å². The normalized spacial score (nSPS) is 25.2. The van der Waals surface area contributed by atoms with Crippen molar-refractivity contribution in [2.45, 2.75) is 49.9 Å². The number of likely N-dealkylation sites (tertiary alicyclic amines) is 1. The van der Waals surface area contributed by atoms with E-state index in [4.69, 9.17) is 9.47 Å². The summed E-state index contributed by atoms with van der Waals surface area (Å²) in [6, 6.07) is 12.4. The lowest BCUT2D eigenvalue weighted by atomic mass is 9.57. The minimum Gasteiger partial charge on any atom is -0.497 e. The van der Waals surface area contributed by atoms with E-state index < -0.39 is 29.2 Å². The molecule has 1 N–H and O–H groups in total. The number of esters is 1. The van der Waals surface area contributed by atoms with Gasteiger partial charge < -0.3 is 14.8 Å². The molecule has 1 heterocycles. The first kappa shape index (κ1) is 29.4. The second-order valence-corrected chi connectivity index (χ2v) is 10.5. The maximum atomic E-state index is 13.1. The van der Waals surface area contributed by atoms with Crippen LogP contribution in [0.3, 0.4) is 0 Å². The Morgan fingerprint density at radius 1 is 1.20 bits per heavy atom. The Labute approximate surface area is 232 Å². The van der Waals surface area contributed by atoms with Gasteiger partial charge in [-0.1, -0.05) is 30.3 Å². The Morgan fingerprint density at radius 3 is 2.67 bits per heavy atom. The smallest absolute Gasteiger partial charge is 0.416 e. The van der Waals surface area contributed by atoms with E-state index >= 15 is 0 Å². The zero-order chi connectivity index (χ0) is 28.9. The number of fused-ring (bicyclic) bond motifs is 1. The van der Waals surface area contributed by atoms with Gasteiger partial charge in [0.25, 0.3) is 0 Å². The highest BCUT2D eigenvalue weighted by molar-refractivity contribution is 5.92. The van der Waals surface area contributed by atoms with E-state index in [1.54, 1.807) is 7.11 Å². The van der Waals surface area contributed by atoms with Crippen LogP contribution in [0.15, 0.2) is 67.3 Å². The highest BCUT2D eigenvalue weighted by Crippen LogP contribution is 2.50. The fourth-order valence-corrected chi connectivity index (χ4v) is 6.23. The summed E-state index contributed by atoms with van der Waals surface area (Å²) in [4.78, 5) is 27.4. The van der Waals surface area contributed by atoms with Gasteiger partial charge in [0, 0.05) is 49.9 Å². The minimum absolute atomic E-state index is 0.0222. The zero-order valence-electron chi connectivity index (χ0n) is 22.7. The number of benzene rings is 2. The molecule has 0 aromatic heterocycles. The number of ether oxygens (including phenoxy) is 2.